The molecule has 3 nitrogen and oxygen atoms in total. The summed E-state index contributed by atoms with van der Waals surface area (Å²) < 4.78 is 5.41. The van der Waals surface area contributed by atoms with E-state index in [0.717, 1.165) is 32.0 Å². The standard InChI is InChI=1S/C14H27NO2/c1-2-12-4-3-5-13(10-12)15-14(11-16)6-8-17-9-7-14/h12-13,15-16H,2-11H2,1H3. The van der Waals surface area contributed by atoms with E-state index in [1.54, 1.807) is 0 Å². The third-order valence-electron chi connectivity index (χ3n) is 4.62. The second-order valence-electron chi connectivity index (χ2n) is 5.83. The van der Waals surface area contributed by atoms with E-state index in [9.17, 15) is 5.11 Å². The van der Waals surface area contributed by atoms with Crippen molar-refractivity contribution in [3.8, 4) is 0 Å². The summed E-state index contributed by atoms with van der Waals surface area (Å²) >= 11 is 0. The summed E-state index contributed by atoms with van der Waals surface area (Å²) in [5.74, 6) is 0.886. The lowest BCUT2D eigenvalue weighted by atomic mass is 9.81. The predicted octanol–water partition coefficient (Wildman–Crippen LogP) is 2.09. The van der Waals surface area contributed by atoms with E-state index in [1.165, 1.54) is 32.1 Å². The molecule has 100 valence electrons. The number of aliphatic hydroxyl groups is 1. The van der Waals surface area contributed by atoms with E-state index in [1.807, 2.05) is 0 Å². The van der Waals surface area contributed by atoms with Gasteiger partial charge in [-0.2, -0.15) is 0 Å². The van der Waals surface area contributed by atoms with Gasteiger partial charge in [0.1, 0.15) is 0 Å². The van der Waals surface area contributed by atoms with Crippen molar-refractivity contribution in [2.45, 2.75) is 63.5 Å². The first-order chi connectivity index (χ1) is 8.28. The maximum Gasteiger partial charge on any atom is 0.0615 e. The molecule has 2 unspecified atom stereocenters. The van der Waals surface area contributed by atoms with Crippen LogP contribution >= 0.6 is 0 Å². The van der Waals surface area contributed by atoms with E-state index in [4.69, 9.17) is 4.74 Å². The smallest absolute Gasteiger partial charge is 0.0615 e. The zero-order chi connectivity index (χ0) is 12.1. The molecular formula is C14H27NO2. The molecule has 2 N–H and O–H groups in total. The summed E-state index contributed by atoms with van der Waals surface area (Å²) in [6, 6.07) is 0.610. The van der Waals surface area contributed by atoms with Gasteiger partial charge in [-0.25, -0.2) is 0 Å². The Bertz CT molecular complexity index is 226. The number of hydrogen-bond donors (Lipinski definition) is 2. The van der Waals surface area contributed by atoms with Gasteiger partial charge >= 0.3 is 0 Å². The molecule has 0 aromatic rings. The zero-order valence-corrected chi connectivity index (χ0v) is 11.1. The van der Waals surface area contributed by atoms with E-state index >= 15 is 0 Å². The molecule has 0 aromatic carbocycles. The highest BCUT2D eigenvalue weighted by molar-refractivity contribution is 4.93. The van der Waals surface area contributed by atoms with Gasteiger partial charge < -0.3 is 15.2 Å². The van der Waals surface area contributed by atoms with E-state index < -0.39 is 0 Å². The Kier molecular flexibility index (Phi) is 4.83. The van der Waals surface area contributed by atoms with Crippen molar-refractivity contribution in [2.75, 3.05) is 19.8 Å². The molecule has 2 rings (SSSR count). The van der Waals surface area contributed by atoms with Gasteiger partial charge in [0.2, 0.25) is 0 Å². The molecule has 1 heterocycles. The van der Waals surface area contributed by atoms with E-state index in [-0.39, 0.29) is 12.1 Å². The fourth-order valence-electron chi connectivity index (χ4n) is 3.34. The molecule has 0 bridgehead atoms. The quantitative estimate of drug-likeness (QED) is 0.792. The average molecular weight is 241 g/mol. The third kappa shape index (κ3) is 3.43. The first-order valence-electron chi connectivity index (χ1n) is 7.24. The summed E-state index contributed by atoms with van der Waals surface area (Å²) in [7, 11) is 0. The summed E-state index contributed by atoms with van der Waals surface area (Å²) in [6.07, 6.45) is 8.51. The van der Waals surface area contributed by atoms with Crippen LogP contribution in [0.15, 0.2) is 0 Å². The number of ether oxygens (including phenoxy) is 1. The number of hydrogen-bond acceptors (Lipinski definition) is 3. The van der Waals surface area contributed by atoms with Gasteiger partial charge in [-0.15, -0.1) is 0 Å². The van der Waals surface area contributed by atoms with Gasteiger partial charge in [-0.3, -0.25) is 0 Å². The summed E-state index contributed by atoms with van der Waals surface area (Å²) in [5, 5.41) is 13.4. The molecule has 17 heavy (non-hydrogen) atoms. The lowest BCUT2D eigenvalue weighted by Crippen LogP contribution is -2.56. The lowest BCUT2D eigenvalue weighted by Gasteiger charge is -2.42. The van der Waals surface area contributed by atoms with Crippen LogP contribution in [0.4, 0.5) is 0 Å². The second-order valence-corrected chi connectivity index (χ2v) is 5.83. The fourth-order valence-corrected chi connectivity index (χ4v) is 3.34. The van der Waals surface area contributed by atoms with Crippen molar-refractivity contribution < 1.29 is 9.84 Å². The molecule has 1 aliphatic carbocycles. The Morgan fingerprint density at radius 3 is 2.71 bits per heavy atom. The Labute approximate surface area is 105 Å². The Morgan fingerprint density at radius 2 is 2.06 bits per heavy atom. The molecule has 2 atom stereocenters. The van der Waals surface area contributed by atoms with Crippen LogP contribution in [0.2, 0.25) is 0 Å². The minimum absolute atomic E-state index is 0.0570. The molecule has 0 radical (unpaired) electrons. The number of aliphatic hydroxyl groups excluding tert-OH is 1. The number of rotatable bonds is 4. The molecule has 0 amide bonds. The second kappa shape index (κ2) is 6.17. The lowest BCUT2D eigenvalue weighted by molar-refractivity contribution is 0.00277. The maximum absolute atomic E-state index is 9.68. The van der Waals surface area contributed by atoms with Crippen molar-refractivity contribution in [3.63, 3.8) is 0 Å². The van der Waals surface area contributed by atoms with Crippen molar-refractivity contribution in [3.05, 3.63) is 0 Å². The highest BCUT2D eigenvalue weighted by Crippen LogP contribution is 2.29. The molecule has 2 fully saturated rings. The van der Waals surface area contributed by atoms with Crippen LogP contribution in [0.1, 0.15) is 51.9 Å². The van der Waals surface area contributed by atoms with Gasteiger partial charge in [0.05, 0.1) is 6.61 Å². The van der Waals surface area contributed by atoms with Gasteiger partial charge in [0.15, 0.2) is 0 Å². The Hall–Kier alpha value is -0.120. The summed E-state index contributed by atoms with van der Waals surface area (Å²) in [4.78, 5) is 0. The van der Waals surface area contributed by atoms with Gasteiger partial charge in [-0.1, -0.05) is 26.2 Å². The number of nitrogens with one attached hydrogen (secondary N) is 1. The van der Waals surface area contributed by atoms with Crippen LogP contribution in [0.3, 0.4) is 0 Å². The normalized spacial score (nSPS) is 33.5. The molecule has 3 heteroatoms. The van der Waals surface area contributed by atoms with Crippen LogP contribution in [-0.2, 0) is 4.74 Å². The first-order valence-corrected chi connectivity index (χ1v) is 7.24. The summed E-state index contributed by atoms with van der Waals surface area (Å²) in [6.45, 7) is 4.13. The molecule has 1 aliphatic heterocycles. The molecule has 2 aliphatic rings. The Balaban J connectivity index is 1.88. The van der Waals surface area contributed by atoms with Gasteiger partial charge in [0, 0.05) is 24.8 Å². The van der Waals surface area contributed by atoms with Crippen molar-refractivity contribution in [1.82, 2.24) is 5.32 Å². The van der Waals surface area contributed by atoms with Crippen LogP contribution in [0.5, 0.6) is 0 Å². The van der Waals surface area contributed by atoms with Gasteiger partial charge in [-0.05, 0) is 31.6 Å². The third-order valence-corrected chi connectivity index (χ3v) is 4.62. The van der Waals surface area contributed by atoms with Crippen molar-refractivity contribution in [1.29, 1.82) is 0 Å². The van der Waals surface area contributed by atoms with Crippen LogP contribution in [0, 0.1) is 5.92 Å². The molecule has 0 spiro atoms. The van der Waals surface area contributed by atoms with Gasteiger partial charge in [0.25, 0.3) is 0 Å². The van der Waals surface area contributed by atoms with Crippen LogP contribution in [0.25, 0.3) is 0 Å². The topological polar surface area (TPSA) is 41.5 Å². The first kappa shape index (κ1) is 13.3. The minimum atomic E-state index is -0.0570. The van der Waals surface area contributed by atoms with Crippen molar-refractivity contribution in [2.24, 2.45) is 5.92 Å². The average Bonchev–Trinajstić information content (AvgIpc) is 2.40. The molecular weight excluding hydrogens is 214 g/mol. The largest absolute Gasteiger partial charge is 0.394 e. The molecule has 1 saturated carbocycles. The SMILES string of the molecule is CCC1CCCC(NC2(CO)CCOCC2)C1. The highest BCUT2D eigenvalue weighted by atomic mass is 16.5. The highest BCUT2D eigenvalue weighted by Gasteiger charge is 2.35. The van der Waals surface area contributed by atoms with E-state index in [0.29, 0.717) is 6.04 Å². The molecule has 0 aromatic heterocycles. The van der Waals surface area contributed by atoms with Crippen molar-refractivity contribution >= 4 is 0 Å². The van der Waals surface area contributed by atoms with E-state index in [2.05, 4.69) is 12.2 Å². The van der Waals surface area contributed by atoms with Crippen LogP contribution < -0.4 is 5.32 Å². The summed E-state index contributed by atoms with van der Waals surface area (Å²) in [5.41, 5.74) is -0.0570. The molecule has 1 saturated heterocycles. The minimum Gasteiger partial charge on any atom is -0.394 e. The fraction of sp³-hybridized carbons (Fsp3) is 1.00. The Morgan fingerprint density at radius 1 is 1.29 bits per heavy atom. The monoisotopic (exact) mass is 241 g/mol. The maximum atomic E-state index is 9.68. The zero-order valence-electron chi connectivity index (χ0n) is 11.1. The van der Waals surface area contributed by atoms with Crippen LogP contribution in [-0.4, -0.2) is 36.5 Å². The predicted molar refractivity (Wildman–Crippen MR) is 69.0 cm³/mol.